The van der Waals surface area contributed by atoms with Crippen LogP contribution in [0.1, 0.15) is 12.8 Å². The molecule has 0 saturated heterocycles. The number of hydrogen-bond donors (Lipinski definition) is 2. The Kier molecular flexibility index (Phi) is 1.48. The molecule has 1 atom stereocenters. The van der Waals surface area contributed by atoms with Gasteiger partial charge in [-0.2, -0.15) is 4.99 Å². The number of aliphatic imine (C=N–C) groups is 1. The summed E-state index contributed by atoms with van der Waals surface area (Å²) in [5.74, 6) is 0.112. The molecule has 9 heavy (non-hydrogen) atoms. The normalized spacial score (nSPS) is 27.9. The third-order valence-electron chi connectivity index (χ3n) is 1.30. The molecule has 0 aliphatic carbocycles. The average Bonchev–Trinajstić information content (AvgIpc) is 1.80. The summed E-state index contributed by atoms with van der Waals surface area (Å²) < 4.78 is 0. The summed E-state index contributed by atoms with van der Waals surface area (Å²) in [7, 11) is 0. The van der Waals surface area contributed by atoms with Gasteiger partial charge in [0.05, 0.1) is 6.04 Å². The molecule has 1 rings (SSSR count). The second-order valence-electron chi connectivity index (χ2n) is 2.08. The van der Waals surface area contributed by atoms with Gasteiger partial charge in [0.2, 0.25) is 5.91 Å². The molecule has 0 aromatic rings. The quantitative estimate of drug-likeness (QED) is 0.437. The second kappa shape index (κ2) is 2.14. The summed E-state index contributed by atoms with van der Waals surface area (Å²) >= 11 is 0. The maximum atomic E-state index is 10.5. The number of nitrogens with two attached hydrogens (primary N) is 2. The van der Waals surface area contributed by atoms with Crippen LogP contribution in [0.4, 0.5) is 0 Å². The van der Waals surface area contributed by atoms with E-state index in [0.717, 1.165) is 0 Å². The second-order valence-corrected chi connectivity index (χ2v) is 2.08. The minimum Gasteiger partial charge on any atom is -0.386 e. The molecule has 0 fully saturated rings. The zero-order valence-electron chi connectivity index (χ0n) is 5.00. The van der Waals surface area contributed by atoms with Crippen LogP contribution < -0.4 is 11.5 Å². The molecule has 0 aromatic carbocycles. The Labute approximate surface area is 52.9 Å². The van der Waals surface area contributed by atoms with Crippen LogP contribution in [0, 0.1) is 0 Å². The molecule has 0 spiro atoms. The first-order valence-corrected chi connectivity index (χ1v) is 2.82. The first kappa shape index (κ1) is 6.22. The molecule has 1 aliphatic rings. The Morgan fingerprint density at radius 1 is 1.67 bits per heavy atom. The number of carbonyl (C=O) groups excluding carboxylic acids is 1. The molecule has 1 amide bonds. The number of amides is 1. The fourth-order valence-corrected chi connectivity index (χ4v) is 0.710. The Balaban J connectivity index is 2.72. The van der Waals surface area contributed by atoms with Crippen molar-refractivity contribution in [3.63, 3.8) is 0 Å². The molecule has 1 aliphatic heterocycles. The topological polar surface area (TPSA) is 81.5 Å². The van der Waals surface area contributed by atoms with Crippen molar-refractivity contribution in [1.29, 1.82) is 0 Å². The SMILES string of the molecule is NC1=NC(=O)CCC1N. The van der Waals surface area contributed by atoms with Crippen molar-refractivity contribution in [3.05, 3.63) is 0 Å². The lowest BCUT2D eigenvalue weighted by Crippen LogP contribution is -2.40. The first-order valence-electron chi connectivity index (χ1n) is 2.82. The Bertz CT molecular complexity index is 164. The minimum atomic E-state index is -0.206. The minimum absolute atomic E-state index is 0.158. The van der Waals surface area contributed by atoms with E-state index in [1.807, 2.05) is 0 Å². The fraction of sp³-hybridized carbons (Fsp3) is 0.600. The highest BCUT2D eigenvalue weighted by Gasteiger charge is 2.16. The van der Waals surface area contributed by atoms with Gasteiger partial charge in [0.15, 0.2) is 0 Å². The van der Waals surface area contributed by atoms with E-state index in [-0.39, 0.29) is 17.8 Å². The van der Waals surface area contributed by atoms with Gasteiger partial charge in [0.1, 0.15) is 5.84 Å². The lowest BCUT2D eigenvalue weighted by Gasteiger charge is -2.13. The third-order valence-corrected chi connectivity index (χ3v) is 1.30. The summed E-state index contributed by atoms with van der Waals surface area (Å²) in [5.41, 5.74) is 10.7. The predicted molar refractivity (Wildman–Crippen MR) is 33.8 cm³/mol. The lowest BCUT2D eigenvalue weighted by molar-refractivity contribution is -0.118. The monoisotopic (exact) mass is 127 g/mol. The first-order chi connectivity index (χ1) is 4.20. The average molecular weight is 127 g/mol. The van der Waals surface area contributed by atoms with Crippen molar-refractivity contribution < 1.29 is 4.79 Å². The van der Waals surface area contributed by atoms with Crippen LogP contribution >= 0.6 is 0 Å². The third kappa shape index (κ3) is 1.26. The Morgan fingerprint density at radius 2 is 2.33 bits per heavy atom. The highest BCUT2D eigenvalue weighted by atomic mass is 16.1. The molecule has 1 unspecified atom stereocenters. The molecule has 0 radical (unpaired) electrons. The maximum absolute atomic E-state index is 10.5. The Morgan fingerprint density at radius 3 is 2.78 bits per heavy atom. The van der Waals surface area contributed by atoms with Gasteiger partial charge in [-0.3, -0.25) is 4.79 Å². The van der Waals surface area contributed by atoms with Crippen LogP contribution in [0.3, 0.4) is 0 Å². The molecular formula is C5H9N3O. The lowest BCUT2D eigenvalue weighted by atomic mass is 10.1. The number of carbonyl (C=O) groups is 1. The molecular weight excluding hydrogens is 118 g/mol. The van der Waals surface area contributed by atoms with E-state index in [0.29, 0.717) is 12.8 Å². The number of nitrogens with zero attached hydrogens (tertiary/aromatic N) is 1. The van der Waals surface area contributed by atoms with Crippen molar-refractivity contribution in [1.82, 2.24) is 0 Å². The molecule has 1 heterocycles. The van der Waals surface area contributed by atoms with Crippen molar-refractivity contribution in [2.45, 2.75) is 18.9 Å². The van der Waals surface area contributed by atoms with E-state index in [9.17, 15) is 4.79 Å². The van der Waals surface area contributed by atoms with Crippen LogP contribution in [0.25, 0.3) is 0 Å². The fourth-order valence-electron chi connectivity index (χ4n) is 0.710. The van der Waals surface area contributed by atoms with Gasteiger partial charge < -0.3 is 11.5 Å². The molecule has 4 nitrogen and oxygen atoms in total. The summed E-state index contributed by atoms with van der Waals surface area (Å²) in [6.07, 6.45) is 1.07. The van der Waals surface area contributed by atoms with Gasteiger partial charge in [-0.25, -0.2) is 0 Å². The van der Waals surface area contributed by atoms with Crippen LogP contribution in [0.2, 0.25) is 0 Å². The standard InChI is InChI=1S/C5H9N3O/c6-3-1-2-4(9)8-5(3)7/h3H,1-2,6H2,(H2,7,8,9). The van der Waals surface area contributed by atoms with Gasteiger partial charge in [0.25, 0.3) is 0 Å². The highest BCUT2D eigenvalue weighted by Crippen LogP contribution is 2.02. The zero-order chi connectivity index (χ0) is 6.85. The molecule has 0 saturated carbocycles. The largest absolute Gasteiger partial charge is 0.386 e. The van der Waals surface area contributed by atoms with E-state index >= 15 is 0 Å². The molecule has 4 N–H and O–H groups in total. The smallest absolute Gasteiger partial charge is 0.247 e. The molecule has 4 heteroatoms. The van der Waals surface area contributed by atoms with Gasteiger partial charge in [-0.15, -0.1) is 0 Å². The van der Waals surface area contributed by atoms with Crippen LogP contribution in [0.15, 0.2) is 4.99 Å². The summed E-state index contributed by atoms with van der Waals surface area (Å²) in [6, 6.07) is -0.206. The highest BCUT2D eigenvalue weighted by molar-refractivity contribution is 5.98. The van der Waals surface area contributed by atoms with Crippen LogP contribution in [-0.2, 0) is 4.79 Å². The van der Waals surface area contributed by atoms with Gasteiger partial charge in [0, 0.05) is 6.42 Å². The summed E-state index contributed by atoms with van der Waals surface area (Å²) in [4.78, 5) is 14.0. The van der Waals surface area contributed by atoms with Gasteiger partial charge >= 0.3 is 0 Å². The molecule has 0 bridgehead atoms. The van der Waals surface area contributed by atoms with Gasteiger partial charge in [-0.1, -0.05) is 0 Å². The Hall–Kier alpha value is -0.900. The van der Waals surface area contributed by atoms with Crippen molar-refractivity contribution in [3.8, 4) is 0 Å². The predicted octanol–water partition coefficient (Wildman–Crippen LogP) is -1.01. The summed E-state index contributed by atoms with van der Waals surface area (Å²) in [6.45, 7) is 0. The van der Waals surface area contributed by atoms with Crippen LogP contribution in [-0.4, -0.2) is 17.8 Å². The van der Waals surface area contributed by atoms with Crippen molar-refractivity contribution in [2.75, 3.05) is 0 Å². The molecule has 0 aromatic heterocycles. The number of amidine groups is 1. The van der Waals surface area contributed by atoms with Crippen molar-refractivity contribution >= 4 is 11.7 Å². The van der Waals surface area contributed by atoms with E-state index < -0.39 is 0 Å². The molecule has 50 valence electrons. The maximum Gasteiger partial charge on any atom is 0.247 e. The van der Waals surface area contributed by atoms with E-state index in [1.54, 1.807) is 0 Å². The number of hydrogen-bond acceptors (Lipinski definition) is 3. The van der Waals surface area contributed by atoms with Crippen LogP contribution in [0.5, 0.6) is 0 Å². The van der Waals surface area contributed by atoms with Crippen molar-refractivity contribution in [2.24, 2.45) is 16.5 Å². The van der Waals surface area contributed by atoms with E-state index in [1.165, 1.54) is 0 Å². The summed E-state index contributed by atoms with van der Waals surface area (Å²) in [5, 5.41) is 0. The zero-order valence-corrected chi connectivity index (χ0v) is 5.00. The van der Waals surface area contributed by atoms with Gasteiger partial charge in [-0.05, 0) is 6.42 Å². The van der Waals surface area contributed by atoms with E-state index in [2.05, 4.69) is 4.99 Å². The van der Waals surface area contributed by atoms with E-state index in [4.69, 9.17) is 11.5 Å². The number of rotatable bonds is 0.